The van der Waals surface area contributed by atoms with Gasteiger partial charge in [-0.3, -0.25) is 9.79 Å². The number of aliphatic imine (C=N–C) groups is 1. The molecular weight excluding hydrogens is 262 g/mol. The molecule has 20 heavy (non-hydrogen) atoms. The summed E-state index contributed by atoms with van der Waals surface area (Å²) >= 11 is 0. The molecule has 0 saturated heterocycles. The number of rotatable bonds is 9. The minimum atomic E-state index is -1.10. The second kappa shape index (κ2) is 9.13. The van der Waals surface area contributed by atoms with Crippen molar-refractivity contribution in [3.05, 3.63) is 0 Å². The normalized spacial score (nSPS) is 13.6. The third-order valence-electron chi connectivity index (χ3n) is 2.62. The number of hydrogen-bond donors (Lipinski definition) is 5. The van der Waals surface area contributed by atoms with Crippen LogP contribution in [0.2, 0.25) is 0 Å². The number of carbonyl (C=O) groups excluding carboxylic acids is 1. The van der Waals surface area contributed by atoms with E-state index in [1.807, 2.05) is 13.8 Å². The first-order valence-corrected chi connectivity index (χ1v) is 6.58. The lowest BCUT2D eigenvalue weighted by Crippen LogP contribution is -2.48. The molecule has 2 atom stereocenters. The fourth-order valence-electron chi connectivity index (χ4n) is 1.65. The maximum absolute atomic E-state index is 11.8. The van der Waals surface area contributed by atoms with Crippen LogP contribution < -0.4 is 22.5 Å². The zero-order chi connectivity index (χ0) is 15.7. The average molecular weight is 287 g/mol. The Bertz CT molecular complexity index is 353. The van der Waals surface area contributed by atoms with Crippen LogP contribution in [0.1, 0.15) is 33.1 Å². The lowest BCUT2D eigenvalue weighted by Gasteiger charge is -2.18. The first-order chi connectivity index (χ1) is 9.23. The van der Waals surface area contributed by atoms with Crippen LogP contribution in [-0.4, -0.2) is 41.6 Å². The number of amides is 1. The molecule has 0 aliphatic carbocycles. The summed E-state index contributed by atoms with van der Waals surface area (Å²) in [4.78, 5) is 26.6. The topological polar surface area (TPSA) is 157 Å². The summed E-state index contributed by atoms with van der Waals surface area (Å²) < 4.78 is 0. The smallest absolute Gasteiger partial charge is 0.326 e. The number of nitrogens with zero attached hydrogens (tertiary/aromatic N) is 1. The molecule has 0 bridgehead atoms. The molecule has 0 aromatic heterocycles. The average Bonchev–Trinajstić information content (AvgIpc) is 2.31. The quantitative estimate of drug-likeness (QED) is 0.207. The number of carbonyl (C=O) groups is 2. The minimum Gasteiger partial charge on any atom is -0.480 e. The van der Waals surface area contributed by atoms with Crippen molar-refractivity contribution in [2.75, 3.05) is 6.54 Å². The predicted octanol–water partition coefficient (Wildman–Crippen LogP) is -1.02. The Morgan fingerprint density at radius 3 is 2.35 bits per heavy atom. The zero-order valence-electron chi connectivity index (χ0n) is 12.0. The molecule has 0 aromatic carbocycles. The number of aliphatic carboxylic acids is 1. The van der Waals surface area contributed by atoms with E-state index < -0.39 is 24.0 Å². The molecule has 8 nitrogen and oxygen atoms in total. The van der Waals surface area contributed by atoms with E-state index in [1.165, 1.54) is 0 Å². The molecule has 0 fully saturated rings. The van der Waals surface area contributed by atoms with Crippen LogP contribution in [0.3, 0.4) is 0 Å². The molecule has 0 aliphatic heterocycles. The van der Waals surface area contributed by atoms with Gasteiger partial charge in [0.2, 0.25) is 5.91 Å². The second-order valence-electron chi connectivity index (χ2n) is 5.08. The van der Waals surface area contributed by atoms with Gasteiger partial charge in [0.05, 0.1) is 6.04 Å². The van der Waals surface area contributed by atoms with E-state index in [4.69, 9.17) is 22.3 Å². The van der Waals surface area contributed by atoms with Gasteiger partial charge in [0.1, 0.15) is 6.04 Å². The molecule has 0 unspecified atom stereocenters. The van der Waals surface area contributed by atoms with Crippen molar-refractivity contribution in [2.24, 2.45) is 28.1 Å². The molecular formula is C12H25N5O3. The minimum absolute atomic E-state index is 0.0418. The Hall–Kier alpha value is -1.83. The van der Waals surface area contributed by atoms with Gasteiger partial charge in [-0.2, -0.15) is 0 Å². The number of nitrogens with two attached hydrogens (primary N) is 3. The van der Waals surface area contributed by atoms with Crippen molar-refractivity contribution in [3.63, 3.8) is 0 Å². The number of carboxylic acid groups (broad SMARTS) is 1. The lowest BCUT2D eigenvalue weighted by molar-refractivity contribution is -0.142. The molecule has 0 radical (unpaired) electrons. The van der Waals surface area contributed by atoms with Crippen LogP contribution in [-0.2, 0) is 9.59 Å². The molecule has 0 rings (SSSR count). The van der Waals surface area contributed by atoms with Crippen LogP contribution in [0.25, 0.3) is 0 Å². The summed E-state index contributed by atoms with van der Waals surface area (Å²) in [6.07, 6.45) is 1.20. The highest BCUT2D eigenvalue weighted by Gasteiger charge is 2.23. The SMILES string of the molecule is CC(C)C[C@@H](N)C(=O)N[C@H](CCCN=C(N)N)C(=O)O. The summed E-state index contributed by atoms with van der Waals surface area (Å²) in [6, 6.07) is -1.68. The Morgan fingerprint density at radius 2 is 1.90 bits per heavy atom. The Morgan fingerprint density at radius 1 is 1.30 bits per heavy atom. The van der Waals surface area contributed by atoms with Gasteiger partial charge < -0.3 is 27.6 Å². The van der Waals surface area contributed by atoms with Gasteiger partial charge in [0.25, 0.3) is 0 Å². The van der Waals surface area contributed by atoms with Gasteiger partial charge >= 0.3 is 5.97 Å². The van der Waals surface area contributed by atoms with E-state index in [9.17, 15) is 9.59 Å². The lowest BCUT2D eigenvalue weighted by atomic mass is 10.0. The fourth-order valence-corrected chi connectivity index (χ4v) is 1.65. The molecule has 0 spiro atoms. The number of carboxylic acids is 1. The maximum atomic E-state index is 11.8. The van der Waals surface area contributed by atoms with Gasteiger partial charge in [-0.15, -0.1) is 0 Å². The largest absolute Gasteiger partial charge is 0.480 e. The zero-order valence-corrected chi connectivity index (χ0v) is 12.0. The van der Waals surface area contributed by atoms with Crippen molar-refractivity contribution in [3.8, 4) is 0 Å². The van der Waals surface area contributed by atoms with E-state index in [0.717, 1.165) is 0 Å². The van der Waals surface area contributed by atoms with Crippen molar-refractivity contribution < 1.29 is 14.7 Å². The molecule has 116 valence electrons. The summed E-state index contributed by atoms with van der Waals surface area (Å²) in [6.45, 7) is 4.20. The van der Waals surface area contributed by atoms with Gasteiger partial charge in [-0.05, 0) is 25.2 Å². The van der Waals surface area contributed by atoms with E-state index in [1.54, 1.807) is 0 Å². The van der Waals surface area contributed by atoms with E-state index in [-0.39, 0.29) is 18.3 Å². The third-order valence-corrected chi connectivity index (χ3v) is 2.62. The van der Waals surface area contributed by atoms with Crippen LogP contribution in [0.5, 0.6) is 0 Å². The summed E-state index contributed by atoms with van der Waals surface area (Å²) in [5, 5.41) is 11.5. The van der Waals surface area contributed by atoms with Crippen LogP contribution in [0.4, 0.5) is 0 Å². The van der Waals surface area contributed by atoms with Crippen molar-refractivity contribution in [1.29, 1.82) is 0 Å². The molecule has 0 aromatic rings. The Kier molecular flexibility index (Phi) is 8.30. The Labute approximate surface area is 118 Å². The van der Waals surface area contributed by atoms with Gasteiger partial charge in [0.15, 0.2) is 5.96 Å². The van der Waals surface area contributed by atoms with Crippen LogP contribution in [0.15, 0.2) is 4.99 Å². The number of guanidine groups is 1. The standard InChI is InChI=1S/C12H25N5O3/c1-7(2)6-8(13)10(18)17-9(11(19)20)4-3-5-16-12(14)15/h7-9H,3-6,13H2,1-2H3,(H,17,18)(H,19,20)(H4,14,15,16)/t8-,9-/m1/s1. The van der Waals surface area contributed by atoms with E-state index in [2.05, 4.69) is 10.3 Å². The maximum Gasteiger partial charge on any atom is 0.326 e. The molecule has 0 aliphatic rings. The number of hydrogen-bond acceptors (Lipinski definition) is 4. The molecule has 1 amide bonds. The second-order valence-corrected chi connectivity index (χ2v) is 5.08. The third kappa shape index (κ3) is 8.30. The first-order valence-electron chi connectivity index (χ1n) is 6.58. The summed E-state index contributed by atoms with van der Waals surface area (Å²) in [7, 11) is 0. The monoisotopic (exact) mass is 287 g/mol. The fraction of sp³-hybridized carbons (Fsp3) is 0.750. The molecule has 0 saturated carbocycles. The van der Waals surface area contributed by atoms with Crippen molar-refractivity contribution >= 4 is 17.8 Å². The first kappa shape index (κ1) is 18.2. The van der Waals surface area contributed by atoms with Crippen molar-refractivity contribution in [1.82, 2.24) is 5.32 Å². The highest BCUT2D eigenvalue weighted by Crippen LogP contribution is 2.04. The summed E-state index contributed by atoms with van der Waals surface area (Å²) in [5.74, 6) is -1.33. The highest BCUT2D eigenvalue weighted by molar-refractivity contribution is 5.86. The molecule has 8 N–H and O–H groups in total. The molecule has 0 heterocycles. The summed E-state index contributed by atoms with van der Waals surface area (Å²) in [5.41, 5.74) is 16.0. The van der Waals surface area contributed by atoms with E-state index in [0.29, 0.717) is 19.4 Å². The van der Waals surface area contributed by atoms with Gasteiger partial charge in [0, 0.05) is 6.54 Å². The van der Waals surface area contributed by atoms with E-state index >= 15 is 0 Å². The predicted molar refractivity (Wildman–Crippen MR) is 76.9 cm³/mol. The van der Waals surface area contributed by atoms with Crippen molar-refractivity contribution in [2.45, 2.75) is 45.2 Å². The van der Waals surface area contributed by atoms with Crippen LogP contribution >= 0.6 is 0 Å². The van der Waals surface area contributed by atoms with Gasteiger partial charge in [-0.25, -0.2) is 4.79 Å². The highest BCUT2D eigenvalue weighted by atomic mass is 16.4. The Balaban J connectivity index is 4.30. The van der Waals surface area contributed by atoms with Crippen LogP contribution in [0, 0.1) is 5.92 Å². The number of nitrogens with one attached hydrogen (secondary N) is 1. The van der Waals surface area contributed by atoms with Gasteiger partial charge in [-0.1, -0.05) is 13.8 Å². The molecule has 8 heteroatoms.